The Kier molecular flexibility index (Phi) is 11.1. The van der Waals surface area contributed by atoms with E-state index in [1.54, 1.807) is 6.20 Å². The van der Waals surface area contributed by atoms with Gasteiger partial charge in [-0.15, -0.1) is 0 Å². The van der Waals surface area contributed by atoms with E-state index >= 15 is 0 Å². The van der Waals surface area contributed by atoms with E-state index in [4.69, 9.17) is 4.74 Å². The number of carbonyl (C=O) groups is 1. The number of carbonyl (C=O) groups excluding carboxylic acids is 1. The molecular formula is C29H47NO2. The van der Waals surface area contributed by atoms with Gasteiger partial charge in [-0.2, -0.15) is 0 Å². The number of pyridine rings is 1. The lowest BCUT2D eigenvalue weighted by molar-refractivity contribution is -0.140. The minimum absolute atomic E-state index is 0.0502. The van der Waals surface area contributed by atoms with Crippen molar-refractivity contribution in [3.05, 3.63) is 24.0 Å². The molecule has 0 aromatic carbocycles. The fourth-order valence-corrected chi connectivity index (χ4v) is 5.90. The average Bonchev–Trinajstić information content (AvgIpc) is 2.83. The van der Waals surface area contributed by atoms with E-state index in [2.05, 4.69) is 18.8 Å². The standard InChI is InChI=1S/C29H47NO2/c1-3-5-6-7-9-23-10-12-24(13-11-23)14-15-25-16-18-26(19-17-25)29(31)32-28-21-20-27(8-4-2)30-22-28/h20-26H,3-19H2,1-2H3. The van der Waals surface area contributed by atoms with Crippen molar-refractivity contribution in [2.24, 2.45) is 23.7 Å². The summed E-state index contributed by atoms with van der Waals surface area (Å²) in [5.41, 5.74) is 1.06. The summed E-state index contributed by atoms with van der Waals surface area (Å²) in [5, 5.41) is 0. The highest BCUT2D eigenvalue weighted by Gasteiger charge is 2.29. The number of nitrogens with zero attached hydrogens (tertiary/aromatic N) is 1. The molecule has 3 heteroatoms. The smallest absolute Gasteiger partial charge is 0.314 e. The highest BCUT2D eigenvalue weighted by Crippen LogP contribution is 2.38. The normalized spacial score (nSPS) is 26.1. The van der Waals surface area contributed by atoms with Crippen LogP contribution < -0.4 is 4.74 Å². The molecule has 0 saturated heterocycles. The monoisotopic (exact) mass is 441 g/mol. The Morgan fingerprint density at radius 2 is 1.44 bits per heavy atom. The third-order valence-electron chi connectivity index (χ3n) is 8.12. The molecule has 1 aromatic heterocycles. The Balaban J connectivity index is 1.28. The topological polar surface area (TPSA) is 39.2 Å². The number of hydrogen-bond donors (Lipinski definition) is 0. The van der Waals surface area contributed by atoms with Crippen molar-refractivity contribution in [3.63, 3.8) is 0 Å². The van der Waals surface area contributed by atoms with Crippen molar-refractivity contribution in [2.45, 2.75) is 123 Å². The summed E-state index contributed by atoms with van der Waals surface area (Å²) in [5.74, 6) is 3.42. The van der Waals surface area contributed by atoms with Gasteiger partial charge in [0.1, 0.15) is 5.75 Å². The molecule has 2 fully saturated rings. The molecule has 0 radical (unpaired) electrons. The molecular weight excluding hydrogens is 394 g/mol. The van der Waals surface area contributed by atoms with Crippen LogP contribution >= 0.6 is 0 Å². The zero-order chi connectivity index (χ0) is 22.6. The first-order valence-electron chi connectivity index (χ1n) is 13.8. The highest BCUT2D eigenvalue weighted by atomic mass is 16.5. The quantitative estimate of drug-likeness (QED) is 0.242. The first-order chi connectivity index (χ1) is 15.7. The molecule has 0 atom stereocenters. The van der Waals surface area contributed by atoms with Gasteiger partial charge in [-0.1, -0.05) is 90.9 Å². The number of unbranched alkanes of at least 4 members (excludes halogenated alkanes) is 3. The van der Waals surface area contributed by atoms with Gasteiger partial charge in [0, 0.05) is 5.69 Å². The van der Waals surface area contributed by atoms with E-state index in [0.29, 0.717) is 5.75 Å². The third kappa shape index (κ3) is 8.52. The van der Waals surface area contributed by atoms with E-state index in [-0.39, 0.29) is 11.9 Å². The molecule has 3 nitrogen and oxygen atoms in total. The van der Waals surface area contributed by atoms with Gasteiger partial charge in [-0.05, 0) is 62.0 Å². The van der Waals surface area contributed by atoms with Crippen LogP contribution in [0.1, 0.15) is 122 Å². The summed E-state index contributed by atoms with van der Waals surface area (Å²) in [6, 6.07) is 3.87. The molecule has 2 saturated carbocycles. The lowest BCUT2D eigenvalue weighted by Gasteiger charge is -2.31. The zero-order valence-electron chi connectivity index (χ0n) is 20.8. The van der Waals surface area contributed by atoms with E-state index in [9.17, 15) is 4.79 Å². The van der Waals surface area contributed by atoms with Gasteiger partial charge in [0.25, 0.3) is 0 Å². The number of rotatable bonds is 12. The largest absolute Gasteiger partial charge is 0.425 e. The summed E-state index contributed by atoms with van der Waals surface area (Å²) >= 11 is 0. The molecule has 0 aliphatic heterocycles. The second kappa shape index (κ2) is 14.0. The molecule has 0 amide bonds. The first-order valence-corrected chi connectivity index (χ1v) is 13.8. The summed E-state index contributed by atoms with van der Waals surface area (Å²) in [6.45, 7) is 4.45. The van der Waals surface area contributed by atoms with Crippen molar-refractivity contribution in [3.8, 4) is 5.75 Å². The van der Waals surface area contributed by atoms with Crippen molar-refractivity contribution in [1.82, 2.24) is 4.98 Å². The van der Waals surface area contributed by atoms with Crippen LogP contribution in [-0.2, 0) is 11.2 Å². The molecule has 180 valence electrons. The Morgan fingerprint density at radius 1 is 0.812 bits per heavy atom. The number of aromatic nitrogens is 1. The van der Waals surface area contributed by atoms with Gasteiger partial charge in [0.15, 0.2) is 0 Å². The number of esters is 1. The lowest BCUT2D eigenvalue weighted by Crippen LogP contribution is -2.26. The molecule has 1 heterocycles. The fraction of sp³-hybridized carbons (Fsp3) is 0.793. The molecule has 3 rings (SSSR count). The second-order valence-electron chi connectivity index (χ2n) is 10.7. The fourth-order valence-electron chi connectivity index (χ4n) is 5.90. The van der Waals surface area contributed by atoms with Crippen molar-refractivity contribution in [2.75, 3.05) is 0 Å². The van der Waals surface area contributed by atoms with Gasteiger partial charge in [0.05, 0.1) is 12.1 Å². The van der Waals surface area contributed by atoms with Crippen LogP contribution in [0.4, 0.5) is 0 Å². The Bertz CT molecular complexity index is 640. The molecule has 2 aliphatic carbocycles. The molecule has 0 N–H and O–H groups in total. The minimum atomic E-state index is -0.0502. The van der Waals surface area contributed by atoms with Crippen LogP contribution in [0.2, 0.25) is 0 Å². The molecule has 0 spiro atoms. The minimum Gasteiger partial charge on any atom is -0.425 e. The van der Waals surface area contributed by atoms with E-state index in [0.717, 1.165) is 49.1 Å². The average molecular weight is 442 g/mol. The van der Waals surface area contributed by atoms with Crippen molar-refractivity contribution in [1.29, 1.82) is 0 Å². The highest BCUT2D eigenvalue weighted by molar-refractivity contribution is 5.75. The van der Waals surface area contributed by atoms with Gasteiger partial charge < -0.3 is 4.74 Å². The SMILES string of the molecule is CCCCCCC1CCC(CCC2CCC(C(=O)Oc3ccc(CCC)nc3)CC2)CC1. The van der Waals surface area contributed by atoms with Crippen LogP contribution in [0.5, 0.6) is 5.75 Å². The van der Waals surface area contributed by atoms with Gasteiger partial charge in [-0.3, -0.25) is 9.78 Å². The maximum Gasteiger partial charge on any atom is 0.314 e. The molecule has 1 aromatic rings. The molecule has 0 bridgehead atoms. The number of ether oxygens (including phenoxy) is 1. The van der Waals surface area contributed by atoms with Gasteiger partial charge in [0.2, 0.25) is 0 Å². The van der Waals surface area contributed by atoms with Crippen molar-refractivity contribution >= 4 is 5.97 Å². The predicted molar refractivity (Wildman–Crippen MR) is 133 cm³/mol. The Morgan fingerprint density at radius 3 is 2.00 bits per heavy atom. The van der Waals surface area contributed by atoms with Gasteiger partial charge >= 0.3 is 5.97 Å². The maximum atomic E-state index is 12.6. The summed E-state index contributed by atoms with van der Waals surface area (Å²) in [4.78, 5) is 17.0. The third-order valence-corrected chi connectivity index (χ3v) is 8.12. The van der Waals surface area contributed by atoms with Gasteiger partial charge in [-0.25, -0.2) is 0 Å². The number of aryl methyl sites for hydroxylation is 1. The van der Waals surface area contributed by atoms with Crippen LogP contribution in [0.15, 0.2) is 18.3 Å². The Hall–Kier alpha value is -1.38. The van der Waals surface area contributed by atoms with E-state index in [1.165, 1.54) is 83.5 Å². The molecule has 32 heavy (non-hydrogen) atoms. The molecule has 2 aliphatic rings. The summed E-state index contributed by atoms with van der Waals surface area (Å²) in [7, 11) is 0. The summed E-state index contributed by atoms with van der Waals surface area (Å²) in [6.07, 6.45) is 23.9. The lowest BCUT2D eigenvalue weighted by atomic mass is 9.75. The number of hydrogen-bond acceptors (Lipinski definition) is 3. The van der Waals surface area contributed by atoms with E-state index < -0.39 is 0 Å². The summed E-state index contributed by atoms with van der Waals surface area (Å²) < 4.78 is 5.63. The van der Waals surface area contributed by atoms with Crippen LogP contribution in [0.3, 0.4) is 0 Å². The van der Waals surface area contributed by atoms with E-state index in [1.807, 2.05) is 12.1 Å². The zero-order valence-corrected chi connectivity index (χ0v) is 20.8. The van der Waals surface area contributed by atoms with Crippen molar-refractivity contribution < 1.29 is 9.53 Å². The van der Waals surface area contributed by atoms with Crippen LogP contribution in [0.25, 0.3) is 0 Å². The first kappa shape index (κ1) is 25.2. The predicted octanol–water partition coefficient (Wildman–Crippen LogP) is 8.30. The van der Waals surface area contributed by atoms with Crippen LogP contribution in [0, 0.1) is 23.7 Å². The maximum absolute atomic E-state index is 12.6. The second-order valence-corrected chi connectivity index (χ2v) is 10.7. The molecule has 0 unspecified atom stereocenters. The van der Waals surface area contributed by atoms with Crippen LogP contribution in [-0.4, -0.2) is 11.0 Å². The Labute approximate surface area is 197 Å².